The highest BCUT2D eigenvalue weighted by molar-refractivity contribution is 5.83. The lowest BCUT2D eigenvalue weighted by atomic mass is 9.96. The number of imidazole rings is 1. The summed E-state index contributed by atoms with van der Waals surface area (Å²) in [6.45, 7) is 2.82. The molecule has 3 heterocycles. The first-order chi connectivity index (χ1) is 14.0. The van der Waals surface area contributed by atoms with Gasteiger partial charge in [-0.15, -0.1) is 0 Å². The number of hydrogen-bond acceptors (Lipinski definition) is 3. The van der Waals surface area contributed by atoms with Crippen molar-refractivity contribution >= 4 is 17.5 Å². The number of pyridine rings is 1. The van der Waals surface area contributed by atoms with Gasteiger partial charge in [0.05, 0.1) is 18.2 Å². The van der Waals surface area contributed by atoms with Crippen molar-refractivity contribution < 1.29 is 14.0 Å². The third-order valence-corrected chi connectivity index (χ3v) is 5.28. The molecule has 7 heteroatoms. The van der Waals surface area contributed by atoms with Crippen molar-refractivity contribution in [2.75, 3.05) is 6.54 Å². The minimum absolute atomic E-state index is 0.0481. The number of nitrogens with one attached hydrogen (secondary N) is 1. The summed E-state index contributed by atoms with van der Waals surface area (Å²) in [7, 11) is 0. The Morgan fingerprint density at radius 1 is 1.24 bits per heavy atom. The quantitative estimate of drug-likeness (QED) is 0.724. The van der Waals surface area contributed by atoms with Crippen molar-refractivity contribution in [3.05, 3.63) is 71.4 Å². The number of carbonyl (C=O) groups is 2. The van der Waals surface area contributed by atoms with Crippen LogP contribution in [0.4, 0.5) is 4.39 Å². The lowest BCUT2D eigenvalue weighted by Gasteiger charge is -2.32. The Morgan fingerprint density at radius 2 is 2.07 bits per heavy atom. The number of carbonyl (C=O) groups excluding carboxylic acids is 2. The van der Waals surface area contributed by atoms with Gasteiger partial charge in [0.1, 0.15) is 11.5 Å². The zero-order chi connectivity index (χ0) is 20.4. The fourth-order valence-corrected chi connectivity index (χ4v) is 3.68. The fraction of sp³-hybridized carbons (Fsp3) is 0.318. The van der Waals surface area contributed by atoms with Gasteiger partial charge in [-0.3, -0.25) is 9.59 Å². The second kappa shape index (κ2) is 8.03. The molecule has 1 N–H and O–H groups in total. The standard InChI is InChI=1S/C22H23FN4O2/c1-15-6-8-20-25-18(14-26(20)11-15)10-24-22(29)17-7-9-21(28)27(13-17)12-16-4-2-3-5-19(16)23/h2-6,8,11,14,17H,7,9-10,12-13H2,1H3,(H,24,29)/t17-/m1/s1. The van der Waals surface area contributed by atoms with E-state index < -0.39 is 0 Å². The number of amides is 2. The molecule has 0 bridgehead atoms. The first-order valence-corrected chi connectivity index (χ1v) is 9.73. The van der Waals surface area contributed by atoms with Gasteiger partial charge < -0.3 is 14.6 Å². The van der Waals surface area contributed by atoms with E-state index in [1.807, 2.05) is 35.9 Å². The molecule has 1 atom stereocenters. The number of halogens is 1. The molecule has 1 saturated heterocycles. The van der Waals surface area contributed by atoms with E-state index in [2.05, 4.69) is 10.3 Å². The van der Waals surface area contributed by atoms with Gasteiger partial charge in [0.15, 0.2) is 0 Å². The Balaban J connectivity index is 1.37. The van der Waals surface area contributed by atoms with Crippen LogP contribution in [0.5, 0.6) is 0 Å². The second-order valence-corrected chi connectivity index (χ2v) is 7.52. The molecule has 2 amide bonds. The number of piperidine rings is 1. The topological polar surface area (TPSA) is 66.7 Å². The van der Waals surface area contributed by atoms with Gasteiger partial charge in [-0.2, -0.15) is 0 Å². The van der Waals surface area contributed by atoms with Crippen LogP contribution < -0.4 is 5.32 Å². The molecule has 1 aromatic carbocycles. The van der Waals surface area contributed by atoms with Gasteiger partial charge in [-0.25, -0.2) is 9.37 Å². The van der Waals surface area contributed by atoms with E-state index in [4.69, 9.17) is 0 Å². The van der Waals surface area contributed by atoms with Gasteiger partial charge in [-0.1, -0.05) is 24.3 Å². The molecule has 29 heavy (non-hydrogen) atoms. The Labute approximate surface area is 168 Å². The van der Waals surface area contributed by atoms with Gasteiger partial charge in [0, 0.05) is 37.5 Å². The number of aryl methyl sites for hydroxylation is 1. The molecule has 0 radical (unpaired) electrons. The van der Waals surface area contributed by atoms with Crippen molar-refractivity contribution in [1.29, 1.82) is 0 Å². The lowest BCUT2D eigenvalue weighted by molar-refractivity contribution is -0.139. The van der Waals surface area contributed by atoms with E-state index in [1.165, 1.54) is 6.07 Å². The molecule has 1 aliphatic rings. The number of nitrogens with zero attached hydrogens (tertiary/aromatic N) is 3. The largest absolute Gasteiger partial charge is 0.350 e. The molecule has 4 rings (SSSR count). The number of hydrogen-bond donors (Lipinski definition) is 1. The van der Waals surface area contributed by atoms with Crippen LogP contribution in [0.2, 0.25) is 0 Å². The van der Waals surface area contributed by atoms with Crippen molar-refractivity contribution in [2.24, 2.45) is 5.92 Å². The van der Waals surface area contributed by atoms with E-state index in [0.717, 1.165) is 16.9 Å². The summed E-state index contributed by atoms with van der Waals surface area (Å²) in [5.41, 5.74) is 3.20. The van der Waals surface area contributed by atoms with Crippen LogP contribution in [0, 0.1) is 18.7 Å². The Morgan fingerprint density at radius 3 is 2.90 bits per heavy atom. The molecule has 0 aliphatic carbocycles. The van der Waals surface area contributed by atoms with E-state index in [1.54, 1.807) is 23.1 Å². The summed E-state index contributed by atoms with van der Waals surface area (Å²) in [5.74, 6) is -0.801. The molecule has 0 saturated carbocycles. The summed E-state index contributed by atoms with van der Waals surface area (Å²) in [6, 6.07) is 10.3. The predicted octanol–water partition coefficient (Wildman–Crippen LogP) is 2.84. The summed E-state index contributed by atoms with van der Waals surface area (Å²) < 4.78 is 15.9. The SMILES string of the molecule is Cc1ccc2nc(CNC(=O)[C@@H]3CCC(=O)N(Cc4ccccc4F)C3)cn2c1. The van der Waals surface area contributed by atoms with Crippen LogP contribution in [0.15, 0.2) is 48.8 Å². The van der Waals surface area contributed by atoms with Gasteiger partial charge in [0.25, 0.3) is 0 Å². The van der Waals surface area contributed by atoms with Crippen LogP contribution in [-0.2, 0) is 22.7 Å². The Bertz CT molecular complexity index is 1060. The highest BCUT2D eigenvalue weighted by Crippen LogP contribution is 2.21. The molecule has 0 unspecified atom stereocenters. The Kier molecular flexibility index (Phi) is 5.29. The van der Waals surface area contributed by atoms with Crippen LogP contribution in [0.3, 0.4) is 0 Å². The van der Waals surface area contributed by atoms with Gasteiger partial charge in [-0.05, 0) is 31.0 Å². The number of rotatable bonds is 5. The minimum Gasteiger partial charge on any atom is -0.350 e. The highest BCUT2D eigenvalue weighted by Gasteiger charge is 2.30. The van der Waals surface area contributed by atoms with E-state index in [-0.39, 0.29) is 30.1 Å². The number of aromatic nitrogens is 2. The van der Waals surface area contributed by atoms with E-state index in [0.29, 0.717) is 31.5 Å². The monoisotopic (exact) mass is 394 g/mol. The molecule has 6 nitrogen and oxygen atoms in total. The maximum atomic E-state index is 13.9. The van der Waals surface area contributed by atoms with Crippen LogP contribution in [0.1, 0.15) is 29.7 Å². The van der Waals surface area contributed by atoms with Gasteiger partial charge >= 0.3 is 0 Å². The fourth-order valence-electron chi connectivity index (χ4n) is 3.68. The third-order valence-electron chi connectivity index (χ3n) is 5.28. The molecular formula is C22H23FN4O2. The molecule has 3 aromatic rings. The van der Waals surface area contributed by atoms with Crippen LogP contribution in [0.25, 0.3) is 5.65 Å². The smallest absolute Gasteiger partial charge is 0.225 e. The third kappa shape index (κ3) is 4.29. The average Bonchev–Trinajstić information content (AvgIpc) is 3.11. The van der Waals surface area contributed by atoms with E-state index >= 15 is 0 Å². The van der Waals surface area contributed by atoms with Crippen molar-refractivity contribution in [3.63, 3.8) is 0 Å². The number of fused-ring (bicyclic) bond motifs is 1. The number of benzene rings is 1. The highest BCUT2D eigenvalue weighted by atomic mass is 19.1. The predicted molar refractivity (Wildman–Crippen MR) is 106 cm³/mol. The average molecular weight is 394 g/mol. The van der Waals surface area contributed by atoms with Crippen molar-refractivity contribution in [1.82, 2.24) is 19.6 Å². The zero-order valence-corrected chi connectivity index (χ0v) is 16.3. The molecule has 150 valence electrons. The van der Waals surface area contributed by atoms with E-state index in [9.17, 15) is 14.0 Å². The van der Waals surface area contributed by atoms with Crippen LogP contribution in [-0.4, -0.2) is 32.6 Å². The first kappa shape index (κ1) is 19.1. The molecule has 1 fully saturated rings. The lowest BCUT2D eigenvalue weighted by Crippen LogP contribution is -2.45. The van der Waals surface area contributed by atoms with Crippen molar-refractivity contribution in [2.45, 2.75) is 32.9 Å². The molecule has 0 spiro atoms. The molecule has 1 aliphatic heterocycles. The van der Waals surface area contributed by atoms with Crippen molar-refractivity contribution in [3.8, 4) is 0 Å². The zero-order valence-electron chi connectivity index (χ0n) is 16.3. The summed E-state index contributed by atoms with van der Waals surface area (Å²) in [6.07, 6.45) is 4.68. The van der Waals surface area contributed by atoms with Crippen LogP contribution >= 0.6 is 0 Å². The van der Waals surface area contributed by atoms with Gasteiger partial charge in [0.2, 0.25) is 11.8 Å². The maximum Gasteiger partial charge on any atom is 0.225 e. The maximum absolute atomic E-state index is 13.9. The second-order valence-electron chi connectivity index (χ2n) is 7.52. The summed E-state index contributed by atoms with van der Waals surface area (Å²) in [4.78, 5) is 31.0. The summed E-state index contributed by atoms with van der Waals surface area (Å²) in [5, 5.41) is 2.93. The normalized spacial score (nSPS) is 17.0. The minimum atomic E-state index is -0.339. The molecule has 2 aromatic heterocycles. The first-order valence-electron chi connectivity index (χ1n) is 9.73. The Hall–Kier alpha value is -3.22. The molecular weight excluding hydrogens is 371 g/mol. The number of likely N-dealkylation sites (tertiary alicyclic amines) is 1. The summed E-state index contributed by atoms with van der Waals surface area (Å²) >= 11 is 0.